The lowest BCUT2D eigenvalue weighted by molar-refractivity contribution is -0.192. The van der Waals surface area contributed by atoms with Crippen LogP contribution >= 0.6 is 0 Å². The van der Waals surface area contributed by atoms with Crippen LogP contribution < -0.4 is 9.46 Å². The van der Waals surface area contributed by atoms with Crippen LogP contribution in [0.15, 0.2) is 78.0 Å². The van der Waals surface area contributed by atoms with Gasteiger partial charge in [0.1, 0.15) is 5.75 Å². The number of nitrogens with one attached hydrogen (secondary N) is 1. The molecule has 40 heavy (non-hydrogen) atoms. The number of aliphatic carboxylic acids is 1. The molecule has 9 nitrogen and oxygen atoms in total. The van der Waals surface area contributed by atoms with Crippen molar-refractivity contribution in [3.63, 3.8) is 0 Å². The van der Waals surface area contributed by atoms with Crippen molar-refractivity contribution >= 4 is 21.9 Å². The quantitative estimate of drug-likeness (QED) is 0.434. The van der Waals surface area contributed by atoms with E-state index >= 15 is 0 Å². The number of likely N-dealkylation sites (tertiary alicyclic amines) is 1. The first-order valence-electron chi connectivity index (χ1n) is 12.0. The normalized spacial score (nSPS) is 17.4. The number of aromatic nitrogens is 1. The zero-order valence-corrected chi connectivity index (χ0v) is 22.4. The number of aryl methyl sites for hydroxylation is 1. The maximum atomic E-state index is 13.3. The molecule has 2 heterocycles. The van der Waals surface area contributed by atoms with E-state index in [1.54, 1.807) is 31.5 Å². The zero-order chi connectivity index (χ0) is 29.5. The van der Waals surface area contributed by atoms with Gasteiger partial charge in [-0.3, -0.25) is 14.7 Å². The number of pyridine rings is 1. The Hall–Kier alpha value is -3.97. The van der Waals surface area contributed by atoms with Gasteiger partial charge in [0.15, 0.2) is 0 Å². The van der Waals surface area contributed by atoms with Gasteiger partial charge in [-0.1, -0.05) is 30.3 Å². The first-order valence-corrected chi connectivity index (χ1v) is 13.5. The van der Waals surface area contributed by atoms with Gasteiger partial charge in [-0.15, -0.1) is 0 Å². The largest absolute Gasteiger partial charge is 0.497 e. The Labute approximate surface area is 229 Å². The summed E-state index contributed by atoms with van der Waals surface area (Å²) >= 11 is 0. The summed E-state index contributed by atoms with van der Waals surface area (Å²) in [5.41, 5.74) is 2.63. The van der Waals surface area contributed by atoms with Crippen molar-refractivity contribution in [1.82, 2.24) is 14.6 Å². The molecule has 3 aromatic rings. The van der Waals surface area contributed by atoms with E-state index in [1.165, 1.54) is 13.2 Å². The Morgan fingerprint density at radius 2 is 1.70 bits per heavy atom. The molecule has 1 amide bonds. The van der Waals surface area contributed by atoms with Gasteiger partial charge < -0.3 is 9.84 Å². The van der Waals surface area contributed by atoms with Crippen molar-refractivity contribution in [3.8, 4) is 5.75 Å². The number of carboxylic acid groups (broad SMARTS) is 1. The average Bonchev–Trinajstić information content (AvgIpc) is 3.33. The van der Waals surface area contributed by atoms with E-state index in [-0.39, 0.29) is 10.8 Å². The number of benzene rings is 2. The van der Waals surface area contributed by atoms with Crippen LogP contribution in [0.3, 0.4) is 0 Å². The van der Waals surface area contributed by atoms with E-state index in [0.29, 0.717) is 30.9 Å². The summed E-state index contributed by atoms with van der Waals surface area (Å²) in [4.78, 5) is 28.5. The molecule has 1 aliphatic heterocycles. The van der Waals surface area contributed by atoms with Gasteiger partial charge in [-0.05, 0) is 53.9 Å². The first-order chi connectivity index (χ1) is 18.8. The van der Waals surface area contributed by atoms with Crippen molar-refractivity contribution in [2.24, 2.45) is 5.92 Å². The first kappa shape index (κ1) is 30.6. The van der Waals surface area contributed by atoms with Gasteiger partial charge in [0.05, 0.1) is 17.9 Å². The Morgan fingerprint density at radius 3 is 2.25 bits per heavy atom. The lowest BCUT2D eigenvalue weighted by Gasteiger charge is -2.19. The second-order valence-corrected chi connectivity index (χ2v) is 10.7. The number of carboxylic acids is 1. The van der Waals surface area contributed by atoms with E-state index in [9.17, 15) is 26.4 Å². The minimum atomic E-state index is -5.08. The Bertz CT molecular complexity index is 1420. The maximum absolute atomic E-state index is 13.3. The summed E-state index contributed by atoms with van der Waals surface area (Å²) in [6, 6.07) is 18.5. The Kier molecular flexibility index (Phi) is 9.88. The summed E-state index contributed by atoms with van der Waals surface area (Å²) in [6.07, 6.45) is -1.69. The third-order valence-corrected chi connectivity index (χ3v) is 7.77. The molecule has 1 saturated heterocycles. The van der Waals surface area contributed by atoms with Crippen LogP contribution in [0.25, 0.3) is 0 Å². The molecule has 1 aromatic heterocycles. The third kappa shape index (κ3) is 8.02. The lowest BCUT2D eigenvalue weighted by atomic mass is 9.89. The van der Waals surface area contributed by atoms with E-state index in [4.69, 9.17) is 14.6 Å². The van der Waals surface area contributed by atoms with Crippen LogP contribution in [0.5, 0.6) is 5.75 Å². The van der Waals surface area contributed by atoms with Crippen LogP contribution in [0.4, 0.5) is 13.2 Å². The Morgan fingerprint density at radius 1 is 1.07 bits per heavy atom. The molecule has 1 aliphatic rings. The molecular weight excluding hydrogens is 551 g/mol. The zero-order valence-electron chi connectivity index (χ0n) is 21.6. The third-order valence-electron chi connectivity index (χ3n) is 6.26. The predicted octanol–water partition coefficient (Wildman–Crippen LogP) is 3.75. The fraction of sp³-hybridized carbons (Fsp3) is 0.296. The van der Waals surface area contributed by atoms with Crippen molar-refractivity contribution in [1.29, 1.82) is 0 Å². The van der Waals surface area contributed by atoms with Gasteiger partial charge in [0.2, 0.25) is 5.91 Å². The second-order valence-electron chi connectivity index (χ2n) is 9.08. The molecule has 214 valence electrons. The molecule has 0 saturated carbocycles. The highest BCUT2D eigenvalue weighted by atomic mass is 32.2. The van der Waals surface area contributed by atoms with Crippen molar-refractivity contribution in [3.05, 3.63) is 89.7 Å². The van der Waals surface area contributed by atoms with Crippen molar-refractivity contribution in [2.45, 2.75) is 30.5 Å². The number of alkyl halides is 3. The summed E-state index contributed by atoms with van der Waals surface area (Å²) in [6.45, 7) is 3.48. The highest BCUT2D eigenvalue weighted by Gasteiger charge is 2.40. The van der Waals surface area contributed by atoms with Crippen LogP contribution in [-0.2, 0) is 26.2 Å². The average molecular weight is 580 g/mol. The number of nitrogens with zero attached hydrogens (tertiary/aromatic N) is 2. The number of rotatable bonds is 7. The minimum absolute atomic E-state index is 0.0660. The molecule has 1 fully saturated rings. The predicted molar refractivity (Wildman–Crippen MR) is 139 cm³/mol. The highest BCUT2D eigenvalue weighted by Crippen LogP contribution is 2.34. The van der Waals surface area contributed by atoms with Gasteiger partial charge in [-0.25, -0.2) is 17.9 Å². The number of carbonyl (C=O) groups is 2. The number of methoxy groups -OCH3 is 1. The SMILES string of the molecule is COc1ccc(S(=O)(=O)NC(=O)[C@@H]2CN(Cc3ccccc3)C[C@H]2c2ccncc2)c(C)c1.O=C(O)C(F)(F)F. The van der Waals surface area contributed by atoms with Gasteiger partial charge in [-0.2, -0.15) is 13.2 Å². The minimum Gasteiger partial charge on any atom is -0.497 e. The van der Waals surface area contributed by atoms with Crippen molar-refractivity contribution in [2.75, 3.05) is 20.2 Å². The summed E-state index contributed by atoms with van der Waals surface area (Å²) in [5, 5.41) is 7.12. The molecule has 4 rings (SSSR count). The van der Waals surface area contributed by atoms with Gasteiger partial charge in [0.25, 0.3) is 10.0 Å². The van der Waals surface area contributed by atoms with Crippen molar-refractivity contribution < 1.29 is 41.0 Å². The molecule has 2 atom stereocenters. The van der Waals surface area contributed by atoms with Gasteiger partial charge >= 0.3 is 12.1 Å². The van der Waals surface area contributed by atoms with E-state index in [1.807, 2.05) is 42.5 Å². The lowest BCUT2D eigenvalue weighted by Crippen LogP contribution is -2.38. The maximum Gasteiger partial charge on any atom is 0.490 e. The Balaban J connectivity index is 0.000000559. The van der Waals surface area contributed by atoms with Crippen LogP contribution in [-0.4, -0.2) is 61.7 Å². The number of amides is 1. The van der Waals surface area contributed by atoms with E-state index in [0.717, 1.165) is 11.1 Å². The number of halogens is 3. The summed E-state index contributed by atoms with van der Waals surface area (Å²) in [5.74, 6) is -3.34. The number of hydrogen-bond acceptors (Lipinski definition) is 7. The smallest absolute Gasteiger partial charge is 0.490 e. The molecular formula is C27H28F3N3O6S. The number of carbonyl (C=O) groups excluding carboxylic acids is 1. The molecule has 13 heteroatoms. The fourth-order valence-corrected chi connectivity index (χ4v) is 5.64. The topological polar surface area (TPSA) is 126 Å². The van der Waals surface area contributed by atoms with Crippen LogP contribution in [0.1, 0.15) is 22.6 Å². The molecule has 0 unspecified atom stereocenters. The van der Waals surface area contributed by atoms with Crippen LogP contribution in [0, 0.1) is 12.8 Å². The molecule has 0 spiro atoms. The number of hydrogen-bond donors (Lipinski definition) is 2. The summed E-state index contributed by atoms with van der Waals surface area (Å²) < 4.78 is 65.3. The molecule has 2 N–H and O–H groups in total. The van der Waals surface area contributed by atoms with E-state index < -0.39 is 34.0 Å². The van der Waals surface area contributed by atoms with Crippen LogP contribution in [0.2, 0.25) is 0 Å². The molecule has 2 aromatic carbocycles. The monoisotopic (exact) mass is 579 g/mol. The standard InChI is InChI=1S/C25H27N3O4S.C2HF3O2/c1-18-14-21(32-2)8-9-24(18)33(30,31)27-25(29)23-17-28(15-19-6-4-3-5-7-19)16-22(23)20-10-12-26-13-11-20;3-2(4,5)1(6)7/h3-14,22-23H,15-17H2,1-2H3,(H,27,29);(H,6,7)/t22-,23+;/m0./s1. The molecule has 0 radical (unpaired) electrons. The molecule has 0 bridgehead atoms. The van der Waals surface area contributed by atoms with E-state index in [2.05, 4.69) is 14.6 Å². The number of sulfonamides is 1. The summed E-state index contributed by atoms with van der Waals surface area (Å²) in [7, 11) is -2.50. The highest BCUT2D eigenvalue weighted by molar-refractivity contribution is 7.90. The fourth-order valence-electron chi connectivity index (χ4n) is 4.38. The number of ether oxygens (including phenoxy) is 1. The molecule has 0 aliphatic carbocycles. The second kappa shape index (κ2) is 12.9. The van der Waals surface area contributed by atoms with Gasteiger partial charge in [0, 0.05) is 37.9 Å².